The van der Waals surface area contributed by atoms with E-state index >= 15 is 0 Å². The smallest absolute Gasteiger partial charge is 0.133 e. The number of hydrogen-bond acceptors (Lipinski definition) is 2. The lowest BCUT2D eigenvalue weighted by Gasteiger charge is -2.27. The number of ether oxygens (including phenoxy) is 1. The normalized spacial score (nSPS) is 11.4. The molecule has 0 radical (unpaired) electrons. The molecule has 4 heteroatoms. The molecule has 0 saturated carbocycles. The van der Waals surface area contributed by atoms with Crippen molar-refractivity contribution in [1.29, 1.82) is 0 Å². The molecule has 0 aliphatic carbocycles. The highest BCUT2D eigenvalue weighted by Gasteiger charge is 2.26. The van der Waals surface area contributed by atoms with Gasteiger partial charge >= 0.3 is 0 Å². The monoisotopic (exact) mass is 263 g/mol. The van der Waals surface area contributed by atoms with E-state index in [1.807, 2.05) is 0 Å². The van der Waals surface area contributed by atoms with Crippen molar-refractivity contribution in [3.8, 4) is 5.75 Å². The van der Waals surface area contributed by atoms with Crippen LogP contribution in [0.25, 0.3) is 0 Å². The van der Waals surface area contributed by atoms with Gasteiger partial charge in [-0.25, -0.2) is 8.78 Å². The average molecular weight is 263 g/mol. The van der Waals surface area contributed by atoms with Crippen molar-refractivity contribution < 1.29 is 13.5 Å². The molecule has 0 amide bonds. The number of rotatable bonds is 3. The molecule has 100 valence electrons. The van der Waals surface area contributed by atoms with Crippen LogP contribution >= 0.6 is 0 Å². The van der Waals surface area contributed by atoms with E-state index in [1.54, 1.807) is 38.1 Å². The van der Waals surface area contributed by atoms with Crippen LogP contribution in [-0.4, -0.2) is 0 Å². The molecule has 0 aliphatic heterocycles. The summed E-state index contributed by atoms with van der Waals surface area (Å²) in [6.45, 7) is 3.44. The predicted molar refractivity (Wildman–Crippen MR) is 70.9 cm³/mol. The lowest BCUT2D eigenvalue weighted by Crippen LogP contribution is -2.26. The highest BCUT2D eigenvalue weighted by molar-refractivity contribution is 5.42. The summed E-state index contributed by atoms with van der Waals surface area (Å²) in [4.78, 5) is 0. The van der Waals surface area contributed by atoms with Gasteiger partial charge in [-0.3, -0.25) is 0 Å². The standard InChI is InChI=1S/C15H15F2NO/c1-15(2,13-8-3-10(16)9-14(13)17)19-12-6-4-11(18)5-7-12/h3-9H,18H2,1-2H3. The summed E-state index contributed by atoms with van der Waals surface area (Å²) in [5, 5.41) is 0. The summed E-state index contributed by atoms with van der Waals surface area (Å²) in [5.41, 5.74) is 5.60. The van der Waals surface area contributed by atoms with Gasteiger partial charge in [0.15, 0.2) is 0 Å². The number of halogens is 2. The van der Waals surface area contributed by atoms with Crippen LogP contribution in [0.3, 0.4) is 0 Å². The fourth-order valence-electron chi connectivity index (χ4n) is 1.86. The molecule has 2 aromatic carbocycles. The fourth-order valence-corrected chi connectivity index (χ4v) is 1.86. The van der Waals surface area contributed by atoms with Crippen LogP contribution in [0.4, 0.5) is 14.5 Å². The van der Waals surface area contributed by atoms with Crippen molar-refractivity contribution in [3.05, 3.63) is 59.7 Å². The maximum absolute atomic E-state index is 13.8. The van der Waals surface area contributed by atoms with Crippen molar-refractivity contribution in [2.45, 2.75) is 19.4 Å². The first-order valence-electron chi connectivity index (χ1n) is 5.88. The van der Waals surface area contributed by atoms with Gasteiger partial charge in [0.05, 0.1) is 0 Å². The molecular weight excluding hydrogens is 248 g/mol. The van der Waals surface area contributed by atoms with Gasteiger partial charge in [-0.15, -0.1) is 0 Å². The minimum atomic E-state index is -0.909. The summed E-state index contributed by atoms with van der Waals surface area (Å²) in [6.07, 6.45) is 0. The largest absolute Gasteiger partial charge is 0.483 e. The summed E-state index contributed by atoms with van der Waals surface area (Å²) in [5.74, 6) is -0.659. The number of nitrogen functional groups attached to an aromatic ring is 1. The molecule has 2 nitrogen and oxygen atoms in total. The Labute approximate surface area is 110 Å². The molecule has 0 aliphatic rings. The Morgan fingerprint density at radius 2 is 1.63 bits per heavy atom. The third kappa shape index (κ3) is 3.02. The molecule has 2 rings (SSSR count). The second kappa shape index (κ2) is 4.88. The maximum Gasteiger partial charge on any atom is 0.133 e. The third-order valence-corrected chi connectivity index (χ3v) is 2.83. The Bertz CT molecular complexity index is 579. The Morgan fingerprint density at radius 1 is 1.00 bits per heavy atom. The van der Waals surface area contributed by atoms with E-state index in [1.165, 1.54) is 12.1 Å². The van der Waals surface area contributed by atoms with E-state index in [9.17, 15) is 8.78 Å². The Balaban J connectivity index is 2.29. The van der Waals surface area contributed by atoms with Crippen LogP contribution in [0.2, 0.25) is 0 Å². The van der Waals surface area contributed by atoms with Gasteiger partial charge in [0.2, 0.25) is 0 Å². The molecular formula is C15H15F2NO. The Kier molecular flexibility index (Phi) is 3.42. The maximum atomic E-state index is 13.8. The molecule has 0 spiro atoms. The Morgan fingerprint density at radius 3 is 2.21 bits per heavy atom. The molecule has 0 heterocycles. The van der Waals surface area contributed by atoms with Crippen molar-refractivity contribution in [1.82, 2.24) is 0 Å². The topological polar surface area (TPSA) is 35.2 Å². The summed E-state index contributed by atoms with van der Waals surface area (Å²) in [6, 6.07) is 10.3. The molecule has 0 atom stereocenters. The average Bonchev–Trinajstić information content (AvgIpc) is 2.31. The lowest BCUT2D eigenvalue weighted by atomic mass is 9.97. The van der Waals surface area contributed by atoms with Crippen LogP contribution in [0.5, 0.6) is 5.75 Å². The van der Waals surface area contributed by atoms with Gasteiger partial charge in [-0.05, 0) is 50.2 Å². The Hall–Kier alpha value is -2.10. The molecule has 0 fully saturated rings. The molecule has 19 heavy (non-hydrogen) atoms. The minimum absolute atomic E-state index is 0.297. The first-order chi connectivity index (χ1) is 8.88. The molecule has 0 unspecified atom stereocenters. The molecule has 0 saturated heterocycles. The molecule has 2 aromatic rings. The van der Waals surface area contributed by atoms with Crippen molar-refractivity contribution in [2.75, 3.05) is 5.73 Å². The van der Waals surface area contributed by atoms with E-state index in [-0.39, 0.29) is 0 Å². The minimum Gasteiger partial charge on any atom is -0.483 e. The van der Waals surface area contributed by atoms with Crippen LogP contribution in [0.15, 0.2) is 42.5 Å². The van der Waals surface area contributed by atoms with E-state index in [0.717, 1.165) is 6.07 Å². The van der Waals surface area contributed by atoms with E-state index in [0.29, 0.717) is 17.0 Å². The number of benzene rings is 2. The van der Waals surface area contributed by atoms with Gasteiger partial charge in [0.25, 0.3) is 0 Å². The zero-order valence-corrected chi connectivity index (χ0v) is 10.8. The first-order valence-corrected chi connectivity index (χ1v) is 5.88. The number of hydrogen-bond donors (Lipinski definition) is 1. The van der Waals surface area contributed by atoms with Crippen molar-refractivity contribution >= 4 is 5.69 Å². The zero-order chi connectivity index (χ0) is 14.0. The van der Waals surface area contributed by atoms with E-state index in [4.69, 9.17) is 10.5 Å². The summed E-state index contributed by atoms with van der Waals surface area (Å²) < 4.78 is 32.4. The van der Waals surface area contributed by atoms with E-state index < -0.39 is 17.2 Å². The number of anilines is 1. The van der Waals surface area contributed by atoms with Crippen LogP contribution in [0.1, 0.15) is 19.4 Å². The lowest BCUT2D eigenvalue weighted by molar-refractivity contribution is 0.104. The van der Waals surface area contributed by atoms with Crippen LogP contribution < -0.4 is 10.5 Å². The number of nitrogens with two attached hydrogens (primary N) is 1. The molecule has 2 N–H and O–H groups in total. The summed E-state index contributed by atoms with van der Waals surface area (Å²) in [7, 11) is 0. The second-order valence-electron chi connectivity index (χ2n) is 4.81. The highest BCUT2D eigenvalue weighted by atomic mass is 19.1. The zero-order valence-electron chi connectivity index (χ0n) is 10.8. The second-order valence-corrected chi connectivity index (χ2v) is 4.81. The van der Waals surface area contributed by atoms with Gasteiger partial charge < -0.3 is 10.5 Å². The van der Waals surface area contributed by atoms with Crippen LogP contribution in [-0.2, 0) is 5.60 Å². The van der Waals surface area contributed by atoms with Gasteiger partial charge in [-0.2, -0.15) is 0 Å². The SMILES string of the molecule is CC(C)(Oc1ccc(N)cc1)c1ccc(F)cc1F. The van der Waals surface area contributed by atoms with Crippen LogP contribution in [0, 0.1) is 11.6 Å². The first kappa shape index (κ1) is 13.3. The van der Waals surface area contributed by atoms with Gasteiger partial charge in [0, 0.05) is 17.3 Å². The fraction of sp³-hybridized carbons (Fsp3) is 0.200. The quantitative estimate of drug-likeness (QED) is 0.853. The van der Waals surface area contributed by atoms with Gasteiger partial charge in [0.1, 0.15) is 23.0 Å². The highest BCUT2D eigenvalue weighted by Crippen LogP contribution is 2.30. The summed E-state index contributed by atoms with van der Waals surface area (Å²) >= 11 is 0. The van der Waals surface area contributed by atoms with E-state index in [2.05, 4.69) is 0 Å². The van der Waals surface area contributed by atoms with Crippen molar-refractivity contribution in [2.24, 2.45) is 0 Å². The van der Waals surface area contributed by atoms with Crippen molar-refractivity contribution in [3.63, 3.8) is 0 Å². The third-order valence-electron chi connectivity index (χ3n) is 2.83. The molecule has 0 aromatic heterocycles. The predicted octanol–water partition coefficient (Wildman–Crippen LogP) is 3.86. The van der Waals surface area contributed by atoms with Gasteiger partial charge in [-0.1, -0.05) is 0 Å². The molecule has 0 bridgehead atoms.